The Morgan fingerprint density at radius 3 is 2.96 bits per heavy atom. The number of carbonyl (C=O) groups is 3. The number of esters is 1. The summed E-state index contributed by atoms with van der Waals surface area (Å²) in [5, 5.41) is -0.310. The molecule has 1 fully saturated rings. The Bertz CT molecular complexity index is 681. The van der Waals surface area contributed by atoms with E-state index in [1.54, 1.807) is 0 Å². The van der Waals surface area contributed by atoms with Gasteiger partial charge in [0.1, 0.15) is 11.1 Å². The second kappa shape index (κ2) is 6.29. The van der Waals surface area contributed by atoms with Crippen LogP contribution in [-0.2, 0) is 14.3 Å². The lowest BCUT2D eigenvalue weighted by atomic mass is 10.1. The summed E-state index contributed by atoms with van der Waals surface area (Å²) in [6.45, 7) is 1.32. The van der Waals surface area contributed by atoms with Crippen LogP contribution in [0.25, 0.3) is 0 Å². The van der Waals surface area contributed by atoms with Crippen LogP contribution in [0.3, 0.4) is 0 Å². The van der Waals surface area contributed by atoms with Crippen LogP contribution in [0, 0.1) is 5.82 Å². The SMILES string of the molecule is COC(=O)[C@@H]1CN(CN2C(=O)C(=O)c3cc(F)ccc32)CCS1. The maximum Gasteiger partial charge on any atom is 0.320 e. The molecule has 1 atom stereocenters. The number of nitrogens with zero attached hydrogens (tertiary/aromatic N) is 2. The zero-order chi connectivity index (χ0) is 16.6. The number of rotatable bonds is 3. The molecule has 0 saturated carbocycles. The van der Waals surface area contributed by atoms with E-state index in [-0.39, 0.29) is 23.5 Å². The van der Waals surface area contributed by atoms with Crippen molar-refractivity contribution in [1.82, 2.24) is 4.90 Å². The highest BCUT2D eigenvalue weighted by Gasteiger charge is 2.38. The molecule has 6 nitrogen and oxygen atoms in total. The van der Waals surface area contributed by atoms with Crippen LogP contribution in [0.4, 0.5) is 10.1 Å². The highest BCUT2D eigenvalue weighted by molar-refractivity contribution is 8.00. The van der Waals surface area contributed by atoms with Gasteiger partial charge >= 0.3 is 11.9 Å². The Morgan fingerprint density at radius 1 is 1.43 bits per heavy atom. The number of amides is 1. The van der Waals surface area contributed by atoms with Gasteiger partial charge in [0, 0.05) is 18.8 Å². The van der Waals surface area contributed by atoms with E-state index in [9.17, 15) is 18.8 Å². The fraction of sp³-hybridized carbons (Fsp3) is 0.400. The quantitative estimate of drug-likeness (QED) is 0.603. The Kier molecular flexibility index (Phi) is 4.36. The first-order chi connectivity index (χ1) is 11.0. The normalized spacial score (nSPS) is 21.5. The molecule has 1 amide bonds. The van der Waals surface area contributed by atoms with Crippen molar-refractivity contribution in [3.63, 3.8) is 0 Å². The van der Waals surface area contributed by atoms with E-state index in [4.69, 9.17) is 4.74 Å². The lowest BCUT2D eigenvalue weighted by Crippen LogP contribution is -2.48. The summed E-state index contributed by atoms with van der Waals surface area (Å²) in [7, 11) is 1.34. The number of ether oxygens (including phenoxy) is 1. The minimum Gasteiger partial charge on any atom is -0.468 e. The molecular formula is C15H15FN2O4S. The first-order valence-electron chi connectivity index (χ1n) is 7.09. The van der Waals surface area contributed by atoms with Crippen LogP contribution in [-0.4, -0.2) is 60.4 Å². The number of Topliss-reactive ketones (excluding diaryl/α,β-unsaturated/α-hetero) is 1. The third-order valence-electron chi connectivity index (χ3n) is 3.89. The number of thioether (sulfide) groups is 1. The Morgan fingerprint density at radius 2 is 2.22 bits per heavy atom. The number of ketones is 1. The van der Waals surface area contributed by atoms with Gasteiger partial charge in [-0.25, -0.2) is 4.39 Å². The van der Waals surface area contributed by atoms with Gasteiger partial charge in [-0.1, -0.05) is 0 Å². The maximum absolute atomic E-state index is 13.3. The molecule has 8 heteroatoms. The molecule has 0 spiro atoms. The van der Waals surface area contributed by atoms with Crippen molar-refractivity contribution >= 4 is 35.1 Å². The topological polar surface area (TPSA) is 66.9 Å². The van der Waals surface area contributed by atoms with E-state index in [2.05, 4.69) is 0 Å². The number of methoxy groups -OCH3 is 1. The predicted molar refractivity (Wildman–Crippen MR) is 82.9 cm³/mol. The van der Waals surface area contributed by atoms with Crippen molar-refractivity contribution in [2.24, 2.45) is 0 Å². The second-order valence-corrected chi connectivity index (χ2v) is 6.64. The molecule has 122 valence electrons. The average Bonchev–Trinajstić information content (AvgIpc) is 2.79. The average molecular weight is 338 g/mol. The number of anilines is 1. The van der Waals surface area contributed by atoms with Crippen LogP contribution in [0.15, 0.2) is 18.2 Å². The minimum absolute atomic E-state index is 0.0888. The number of halogens is 1. The second-order valence-electron chi connectivity index (χ2n) is 5.32. The lowest BCUT2D eigenvalue weighted by Gasteiger charge is -2.33. The molecule has 1 aromatic carbocycles. The standard InChI is InChI=1S/C15H15FN2O4S/c1-22-15(21)12-7-17(4-5-23-12)8-18-11-3-2-9(16)6-10(11)13(19)14(18)20/h2-3,6,12H,4-5,7-8H2,1H3/t12-/m0/s1. The number of fused-ring (bicyclic) bond motifs is 1. The van der Waals surface area contributed by atoms with Gasteiger partial charge in [0.2, 0.25) is 0 Å². The van der Waals surface area contributed by atoms with E-state index in [1.165, 1.54) is 35.9 Å². The summed E-state index contributed by atoms with van der Waals surface area (Å²) >= 11 is 1.51. The van der Waals surface area contributed by atoms with Crippen molar-refractivity contribution in [3.8, 4) is 0 Å². The summed E-state index contributed by atoms with van der Waals surface area (Å²) in [6.07, 6.45) is 0. The van der Waals surface area contributed by atoms with Crippen molar-refractivity contribution in [2.75, 3.05) is 37.5 Å². The maximum atomic E-state index is 13.3. The van der Waals surface area contributed by atoms with Gasteiger partial charge in [-0.3, -0.25) is 24.2 Å². The fourth-order valence-electron chi connectivity index (χ4n) is 2.72. The molecule has 0 N–H and O–H groups in total. The Hall–Kier alpha value is -1.93. The van der Waals surface area contributed by atoms with Gasteiger partial charge in [-0.15, -0.1) is 11.8 Å². The summed E-state index contributed by atoms with van der Waals surface area (Å²) in [5.41, 5.74) is 0.500. The van der Waals surface area contributed by atoms with E-state index in [0.29, 0.717) is 18.8 Å². The Balaban J connectivity index is 1.77. The molecule has 0 bridgehead atoms. The van der Waals surface area contributed by atoms with Crippen LogP contribution in [0.1, 0.15) is 10.4 Å². The molecule has 3 rings (SSSR count). The lowest BCUT2D eigenvalue weighted by molar-refractivity contribution is -0.140. The van der Waals surface area contributed by atoms with Crippen LogP contribution >= 0.6 is 11.8 Å². The summed E-state index contributed by atoms with van der Waals surface area (Å²) in [4.78, 5) is 39.0. The molecule has 1 saturated heterocycles. The van der Waals surface area contributed by atoms with Crippen molar-refractivity contribution in [2.45, 2.75) is 5.25 Å². The molecule has 0 radical (unpaired) electrons. The molecule has 2 aliphatic rings. The number of carbonyl (C=O) groups excluding carboxylic acids is 3. The number of benzene rings is 1. The molecule has 0 aromatic heterocycles. The van der Waals surface area contributed by atoms with Gasteiger partial charge in [0.15, 0.2) is 0 Å². The predicted octanol–water partition coefficient (Wildman–Crippen LogP) is 0.903. The smallest absolute Gasteiger partial charge is 0.320 e. The monoisotopic (exact) mass is 338 g/mol. The Labute approximate surface area is 136 Å². The number of hydrogen-bond acceptors (Lipinski definition) is 6. The molecule has 23 heavy (non-hydrogen) atoms. The van der Waals surface area contributed by atoms with E-state index in [1.807, 2.05) is 4.90 Å². The van der Waals surface area contributed by atoms with Gasteiger partial charge in [0.05, 0.1) is 25.0 Å². The molecule has 0 unspecified atom stereocenters. The number of hydrogen-bond donors (Lipinski definition) is 0. The largest absolute Gasteiger partial charge is 0.468 e. The van der Waals surface area contributed by atoms with E-state index in [0.717, 1.165) is 11.8 Å². The summed E-state index contributed by atoms with van der Waals surface area (Å²) in [5.74, 6) is -1.49. The summed E-state index contributed by atoms with van der Waals surface area (Å²) in [6, 6.07) is 3.74. The van der Waals surface area contributed by atoms with Crippen molar-refractivity contribution < 1.29 is 23.5 Å². The molecule has 2 heterocycles. The molecule has 0 aliphatic carbocycles. The molecular weight excluding hydrogens is 323 g/mol. The van der Waals surface area contributed by atoms with Gasteiger partial charge in [-0.2, -0.15) is 0 Å². The van der Waals surface area contributed by atoms with E-state index < -0.39 is 17.5 Å². The van der Waals surface area contributed by atoms with Crippen molar-refractivity contribution in [1.29, 1.82) is 0 Å². The van der Waals surface area contributed by atoms with Gasteiger partial charge < -0.3 is 4.74 Å². The van der Waals surface area contributed by atoms with Gasteiger partial charge in [0.25, 0.3) is 5.78 Å². The first-order valence-corrected chi connectivity index (χ1v) is 8.13. The van der Waals surface area contributed by atoms with Crippen LogP contribution < -0.4 is 4.90 Å². The third kappa shape index (κ3) is 2.96. The zero-order valence-electron chi connectivity index (χ0n) is 12.5. The van der Waals surface area contributed by atoms with E-state index >= 15 is 0 Å². The third-order valence-corrected chi connectivity index (χ3v) is 5.05. The van der Waals surface area contributed by atoms with Crippen LogP contribution in [0.2, 0.25) is 0 Å². The zero-order valence-corrected chi connectivity index (χ0v) is 13.3. The summed E-state index contributed by atoms with van der Waals surface area (Å²) < 4.78 is 18.0. The van der Waals surface area contributed by atoms with Crippen LogP contribution in [0.5, 0.6) is 0 Å². The molecule has 1 aromatic rings. The van der Waals surface area contributed by atoms with Gasteiger partial charge in [-0.05, 0) is 18.2 Å². The molecule has 2 aliphatic heterocycles. The first kappa shape index (κ1) is 15.9. The highest BCUT2D eigenvalue weighted by Crippen LogP contribution is 2.30. The fourth-order valence-corrected chi connectivity index (χ4v) is 3.91. The van der Waals surface area contributed by atoms with Crippen molar-refractivity contribution in [3.05, 3.63) is 29.6 Å². The minimum atomic E-state index is -0.699. The highest BCUT2D eigenvalue weighted by atomic mass is 32.2.